The lowest BCUT2D eigenvalue weighted by atomic mass is 9.85. The van der Waals surface area contributed by atoms with E-state index in [0.717, 1.165) is 19.4 Å². The molecule has 12 heavy (non-hydrogen) atoms. The Labute approximate surface area is 73.3 Å². The van der Waals surface area contributed by atoms with Crippen LogP contribution in [0.3, 0.4) is 0 Å². The summed E-state index contributed by atoms with van der Waals surface area (Å²) in [6, 6.07) is 2.25. The molecule has 1 aliphatic rings. The summed E-state index contributed by atoms with van der Waals surface area (Å²) >= 11 is 0. The van der Waals surface area contributed by atoms with E-state index in [0.29, 0.717) is 6.61 Å². The monoisotopic (exact) mass is 169 g/mol. The highest BCUT2D eigenvalue weighted by atomic mass is 16.5. The Morgan fingerprint density at radius 3 is 2.83 bits per heavy atom. The Hall–Kier alpha value is -0.590. The minimum atomic E-state index is -0.615. The van der Waals surface area contributed by atoms with Gasteiger partial charge in [-0.3, -0.25) is 0 Å². The van der Waals surface area contributed by atoms with E-state index in [-0.39, 0.29) is 5.92 Å². The highest BCUT2D eigenvalue weighted by Crippen LogP contribution is 2.31. The maximum atomic E-state index is 9.01. The van der Waals surface area contributed by atoms with Gasteiger partial charge in [0.2, 0.25) is 0 Å². The van der Waals surface area contributed by atoms with E-state index < -0.39 is 5.60 Å². The van der Waals surface area contributed by atoms with Crippen LogP contribution in [0.25, 0.3) is 0 Å². The number of hydrogen-bond donors (Lipinski definition) is 0. The smallest absolute Gasteiger partial charge is 0.158 e. The van der Waals surface area contributed by atoms with Crippen LogP contribution in [0, 0.1) is 17.2 Å². The van der Waals surface area contributed by atoms with E-state index in [1.807, 2.05) is 6.92 Å². The zero-order valence-corrected chi connectivity index (χ0v) is 7.67. The van der Waals surface area contributed by atoms with Crippen molar-refractivity contribution in [1.82, 2.24) is 0 Å². The van der Waals surface area contributed by atoms with E-state index in [2.05, 4.69) is 6.07 Å². The van der Waals surface area contributed by atoms with E-state index in [9.17, 15) is 0 Å². The third-order valence-corrected chi connectivity index (χ3v) is 2.67. The summed E-state index contributed by atoms with van der Waals surface area (Å²) in [5.41, 5.74) is -0.615. The number of hydrogen-bond acceptors (Lipinski definition) is 3. The molecular formula is C9H15NO2. The largest absolute Gasteiger partial charge is 0.381 e. The highest BCUT2D eigenvalue weighted by molar-refractivity contribution is 5.06. The third-order valence-electron chi connectivity index (χ3n) is 2.67. The van der Waals surface area contributed by atoms with Crippen molar-refractivity contribution in [2.75, 3.05) is 20.3 Å². The molecular weight excluding hydrogens is 154 g/mol. The van der Waals surface area contributed by atoms with Crippen molar-refractivity contribution in [3.8, 4) is 6.07 Å². The zero-order chi connectivity index (χ0) is 9.03. The molecule has 0 radical (unpaired) electrons. The number of ether oxygens (including phenoxy) is 2. The van der Waals surface area contributed by atoms with Crippen LogP contribution in [-0.2, 0) is 9.47 Å². The molecule has 1 aliphatic heterocycles. The normalized spacial score (nSPS) is 27.9. The minimum absolute atomic E-state index is 0.248. The molecule has 0 aromatic carbocycles. The van der Waals surface area contributed by atoms with Gasteiger partial charge in [0.15, 0.2) is 5.60 Å². The number of nitriles is 1. The summed E-state index contributed by atoms with van der Waals surface area (Å²) < 4.78 is 10.5. The summed E-state index contributed by atoms with van der Waals surface area (Å²) in [7, 11) is 1.60. The Morgan fingerprint density at radius 2 is 2.50 bits per heavy atom. The van der Waals surface area contributed by atoms with Gasteiger partial charge in [-0.2, -0.15) is 5.26 Å². The Kier molecular flexibility index (Phi) is 3.07. The van der Waals surface area contributed by atoms with E-state index in [4.69, 9.17) is 14.7 Å². The predicted octanol–water partition coefficient (Wildman–Crippen LogP) is 1.34. The average molecular weight is 169 g/mol. The van der Waals surface area contributed by atoms with Gasteiger partial charge in [0.05, 0.1) is 12.7 Å². The lowest BCUT2D eigenvalue weighted by Crippen LogP contribution is -2.38. The molecule has 68 valence electrons. The SMILES string of the molecule is CCC(C#N)(OC)C1CCOC1. The van der Waals surface area contributed by atoms with E-state index >= 15 is 0 Å². The fourth-order valence-corrected chi connectivity index (χ4v) is 1.72. The van der Waals surface area contributed by atoms with Crippen molar-refractivity contribution in [2.45, 2.75) is 25.4 Å². The zero-order valence-electron chi connectivity index (χ0n) is 7.67. The summed E-state index contributed by atoms with van der Waals surface area (Å²) in [5, 5.41) is 9.01. The summed E-state index contributed by atoms with van der Waals surface area (Å²) in [6.45, 7) is 3.40. The van der Waals surface area contributed by atoms with Gasteiger partial charge in [-0.05, 0) is 12.8 Å². The fraction of sp³-hybridized carbons (Fsp3) is 0.889. The van der Waals surface area contributed by atoms with Crippen LogP contribution < -0.4 is 0 Å². The molecule has 3 nitrogen and oxygen atoms in total. The molecule has 0 spiro atoms. The topological polar surface area (TPSA) is 42.2 Å². The van der Waals surface area contributed by atoms with Gasteiger partial charge in [0.1, 0.15) is 0 Å². The standard InChI is InChI=1S/C9H15NO2/c1-3-9(7-10,11-2)8-4-5-12-6-8/h8H,3-6H2,1-2H3. The summed E-state index contributed by atoms with van der Waals surface area (Å²) in [4.78, 5) is 0. The second-order valence-corrected chi connectivity index (χ2v) is 3.12. The third kappa shape index (κ3) is 1.45. The first-order chi connectivity index (χ1) is 5.79. The van der Waals surface area contributed by atoms with Crippen molar-refractivity contribution in [3.63, 3.8) is 0 Å². The van der Waals surface area contributed by atoms with Gasteiger partial charge in [-0.25, -0.2) is 0 Å². The van der Waals surface area contributed by atoms with Crippen LogP contribution in [-0.4, -0.2) is 25.9 Å². The molecule has 0 aliphatic carbocycles. The molecule has 1 heterocycles. The van der Waals surface area contributed by atoms with Crippen LogP contribution in [0.15, 0.2) is 0 Å². The number of methoxy groups -OCH3 is 1. The summed E-state index contributed by atoms with van der Waals surface area (Å²) in [6.07, 6.45) is 1.67. The van der Waals surface area contributed by atoms with Gasteiger partial charge in [0, 0.05) is 19.6 Å². The Bertz CT molecular complexity index is 175. The van der Waals surface area contributed by atoms with Crippen molar-refractivity contribution in [2.24, 2.45) is 5.92 Å². The molecule has 0 bridgehead atoms. The first-order valence-corrected chi connectivity index (χ1v) is 4.33. The van der Waals surface area contributed by atoms with Crippen molar-refractivity contribution in [1.29, 1.82) is 5.26 Å². The van der Waals surface area contributed by atoms with Gasteiger partial charge >= 0.3 is 0 Å². The maximum Gasteiger partial charge on any atom is 0.158 e. The molecule has 1 fully saturated rings. The lowest BCUT2D eigenvalue weighted by molar-refractivity contribution is -0.0171. The summed E-state index contributed by atoms with van der Waals surface area (Å²) in [5.74, 6) is 0.248. The van der Waals surface area contributed by atoms with E-state index in [1.54, 1.807) is 7.11 Å². The molecule has 1 saturated heterocycles. The van der Waals surface area contributed by atoms with Crippen LogP contribution in [0.1, 0.15) is 19.8 Å². The molecule has 1 rings (SSSR count). The average Bonchev–Trinajstić information content (AvgIpc) is 2.62. The molecule has 0 amide bonds. The Balaban J connectivity index is 2.70. The second-order valence-electron chi connectivity index (χ2n) is 3.12. The second kappa shape index (κ2) is 3.88. The van der Waals surface area contributed by atoms with Gasteiger partial charge in [-0.1, -0.05) is 6.92 Å². The van der Waals surface area contributed by atoms with Crippen molar-refractivity contribution >= 4 is 0 Å². The first kappa shape index (κ1) is 9.50. The van der Waals surface area contributed by atoms with Gasteiger partial charge < -0.3 is 9.47 Å². The molecule has 0 N–H and O–H groups in total. The van der Waals surface area contributed by atoms with E-state index in [1.165, 1.54) is 0 Å². The lowest BCUT2D eigenvalue weighted by Gasteiger charge is -2.28. The van der Waals surface area contributed by atoms with Crippen LogP contribution >= 0.6 is 0 Å². The maximum absolute atomic E-state index is 9.01. The minimum Gasteiger partial charge on any atom is -0.381 e. The van der Waals surface area contributed by atoms with Crippen molar-refractivity contribution < 1.29 is 9.47 Å². The number of rotatable bonds is 3. The molecule has 0 saturated carbocycles. The van der Waals surface area contributed by atoms with Crippen LogP contribution in [0.4, 0.5) is 0 Å². The molecule has 3 heteroatoms. The molecule has 2 unspecified atom stereocenters. The van der Waals surface area contributed by atoms with Crippen LogP contribution in [0.5, 0.6) is 0 Å². The first-order valence-electron chi connectivity index (χ1n) is 4.33. The highest BCUT2D eigenvalue weighted by Gasteiger charge is 2.39. The van der Waals surface area contributed by atoms with Gasteiger partial charge in [0.25, 0.3) is 0 Å². The predicted molar refractivity (Wildman–Crippen MR) is 44.6 cm³/mol. The van der Waals surface area contributed by atoms with Crippen LogP contribution in [0.2, 0.25) is 0 Å². The fourth-order valence-electron chi connectivity index (χ4n) is 1.72. The quantitative estimate of drug-likeness (QED) is 0.640. The molecule has 2 atom stereocenters. The molecule has 0 aromatic rings. The number of nitrogens with zero attached hydrogens (tertiary/aromatic N) is 1. The Morgan fingerprint density at radius 1 is 1.75 bits per heavy atom. The van der Waals surface area contributed by atoms with Crippen molar-refractivity contribution in [3.05, 3.63) is 0 Å². The van der Waals surface area contributed by atoms with Gasteiger partial charge in [-0.15, -0.1) is 0 Å². The molecule has 0 aromatic heterocycles.